The van der Waals surface area contributed by atoms with Crippen LogP contribution in [0.3, 0.4) is 0 Å². The second-order valence-corrected chi connectivity index (χ2v) is 6.10. The quantitative estimate of drug-likeness (QED) is 0.847. The summed E-state index contributed by atoms with van der Waals surface area (Å²) in [5.74, 6) is 0.511. The minimum Gasteiger partial charge on any atom is -0.384 e. The number of hydrogen-bond acceptors (Lipinski definition) is 1. The van der Waals surface area contributed by atoms with Crippen LogP contribution in [0, 0.1) is 6.92 Å². The van der Waals surface area contributed by atoms with Crippen LogP contribution in [0.2, 0.25) is 0 Å². The first-order chi connectivity index (χ1) is 8.99. The third-order valence-electron chi connectivity index (χ3n) is 3.37. The van der Waals surface area contributed by atoms with Gasteiger partial charge >= 0.3 is 0 Å². The Morgan fingerprint density at radius 3 is 2.05 bits per heavy atom. The molecule has 0 spiro atoms. The summed E-state index contributed by atoms with van der Waals surface area (Å²) in [6.07, 6.45) is -0.587. The molecule has 2 heteroatoms. The van der Waals surface area contributed by atoms with Crippen molar-refractivity contribution in [1.82, 2.24) is 0 Å². The maximum absolute atomic E-state index is 10.5. The van der Waals surface area contributed by atoms with Crippen LogP contribution >= 0.6 is 15.9 Å². The highest BCUT2D eigenvalue weighted by molar-refractivity contribution is 9.10. The van der Waals surface area contributed by atoms with Gasteiger partial charge in [0.05, 0.1) is 0 Å². The molecular formula is C17H19BrO. The Bertz CT molecular complexity index is 558. The summed E-state index contributed by atoms with van der Waals surface area (Å²) >= 11 is 3.52. The highest BCUT2D eigenvalue weighted by Crippen LogP contribution is 2.30. The zero-order valence-electron chi connectivity index (χ0n) is 11.5. The number of benzene rings is 2. The molecule has 1 unspecified atom stereocenters. The molecule has 2 rings (SSSR count). The number of hydrogen-bond donors (Lipinski definition) is 1. The zero-order chi connectivity index (χ0) is 14.0. The Kier molecular flexibility index (Phi) is 4.43. The molecule has 0 radical (unpaired) electrons. The van der Waals surface area contributed by atoms with E-state index in [2.05, 4.69) is 41.9 Å². The standard InChI is InChI=1S/C17H19BrO/c1-11(2)13-5-7-14(8-6-13)17(19)15-9-4-12(3)10-16(15)18/h4-11,17,19H,1-3H3. The molecule has 0 saturated heterocycles. The van der Waals surface area contributed by atoms with Crippen molar-refractivity contribution >= 4 is 15.9 Å². The SMILES string of the molecule is Cc1ccc(C(O)c2ccc(C(C)C)cc2)c(Br)c1. The summed E-state index contributed by atoms with van der Waals surface area (Å²) in [4.78, 5) is 0. The van der Waals surface area contributed by atoms with Crippen molar-refractivity contribution in [1.29, 1.82) is 0 Å². The van der Waals surface area contributed by atoms with Gasteiger partial charge in [-0.1, -0.05) is 66.2 Å². The third-order valence-corrected chi connectivity index (χ3v) is 4.06. The molecule has 0 saturated carbocycles. The van der Waals surface area contributed by atoms with E-state index in [1.54, 1.807) is 0 Å². The van der Waals surface area contributed by atoms with Crippen LogP contribution in [0.5, 0.6) is 0 Å². The van der Waals surface area contributed by atoms with Gasteiger partial charge in [-0.25, -0.2) is 0 Å². The lowest BCUT2D eigenvalue weighted by Gasteiger charge is -2.15. The van der Waals surface area contributed by atoms with Gasteiger partial charge in [0.25, 0.3) is 0 Å². The molecule has 19 heavy (non-hydrogen) atoms. The van der Waals surface area contributed by atoms with Crippen LogP contribution in [0.4, 0.5) is 0 Å². The Morgan fingerprint density at radius 1 is 0.947 bits per heavy atom. The van der Waals surface area contributed by atoms with Gasteiger partial charge in [-0.15, -0.1) is 0 Å². The Hall–Kier alpha value is -1.12. The molecule has 0 heterocycles. The number of aliphatic hydroxyl groups excluding tert-OH is 1. The molecule has 0 fully saturated rings. The summed E-state index contributed by atoms with van der Waals surface area (Å²) in [7, 11) is 0. The van der Waals surface area contributed by atoms with Gasteiger partial charge in [0.1, 0.15) is 6.10 Å². The van der Waals surface area contributed by atoms with Crippen LogP contribution in [-0.2, 0) is 0 Å². The number of rotatable bonds is 3. The van der Waals surface area contributed by atoms with Gasteiger partial charge in [0.2, 0.25) is 0 Å². The Labute approximate surface area is 123 Å². The van der Waals surface area contributed by atoms with Crippen LogP contribution in [0.15, 0.2) is 46.9 Å². The van der Waals surface area contributed by atoms with E-state index in [0.717, 1.165) is 15.6 Å². The molecule has 0 bridgehead atoms. The number of aryl methyl sites for hydroxylation is 1. The second kappa shape index (κ2) is 5.89. The minimum atomic E-state index is -0.587. The Balaban J connectivity index is 2.30. The van der Waals surface area contributed by atoms with Crippen molar-refractivity contribution in [3.63, 3.8) is 0 Å². The fourth-order valence-electron chi connectivity index (χ4n) is 2.10. The lowest BCUT2D eigenvalue weighted by Crippen LogP contribution is -2.01. The number of halogens is 1. The highest BCUT2D eigenvalue weighted by atomic mass is 79.9. The molecule has 1 nitrogen and oxygen atoms in total. The molecule has 2 aromatic carbocycles. The summed E-state index contributed by atoms with van der Waals surface area (Å²) in [5, 5.41) is 10.5. The maximum atomic E-state index is 10.5. The third kappa shape index (κ3) is 3.26. The number of aliphatic hydroxyl groups is 1. The van der Waals surface area contributed by atoms with Crippen molar-refractivity contribution in [2.24, 2.45) is 0 Å². The van der Waals surface area contributed by atoms with Crippen molar-refractivity contribution < 1.29 is 5.11 Å². The predicted molar refractivity (Wildman–Crippen MR) is 83.5 cm³/mol. The lowest BCUT2D eigenvalue weighted by atomic mass is 9.97. The van der Waals surface area contributed by atoms with E-state index in [1.807, 2.05) is 37.3 Å². The molecule has 1 N–H and O–H groups in total. The monoisotopic (exact) mass is 318 g/mol. The van der Waals surface area contributed by atoms with Crippen molar-refractivity contribution in [3.8, 4) is 0 Å². The fourth-order valence-corrected chi connectivity index (χ4v) is 2.81. The van der Waals surface area contributed by atoms with E-state index in [0.29, 0.717) is 5.92 Å². The molecule has 0 aliphatic rings. The van der Waals surface area contributed by atoms with Gasteiger partial charge in [-0.2, -0.15) is 0 Å². The average Bonchev–Trinajstić information content (AvgIpc) is 2.38. The van der Waals surface area contributed by atoms with Crippen molar-refractivity contribution in [2.45, 2.75) is 32.8 Å². The van der Waals surface area contributed by atoms with Gasteiger partial charge in [0.15, 0.2) is 0 Å². The molecule has 1 atom stereocenters. The van der Waals surface area contributed by atoms with E-state index in [4.69, 9.17) is 0 Å². The smallest absolute Gasteiger partial charge is 0.105 e. The van der Waals surface area contributed by atoms with E-state index >= 15 is 0 Å². The zero-order valence-corrected chi connectivity index (χ0v) is 13.1. The largest absolute Gasteiger partial charge is 0.384 e. The first-order valence-electron chi connectivity index (χ1n) is 6.53. The maximum Gasteiger partial charge on any atom is 0.105 e. The first-order valence-corrected chi connectivity index (χ1v) is 7.32. The normalized spacial score (nSPS) is 12.7. The van der Waals surface area contributed by atoms with Gasteiger partial charge in [-0.3, -0.25) is 0 Å². The van der Waals surface area contributed by atoms with E-state index in [1.165, 1.54) is 11.1 Å². The molecule has 0 aromatic heterocycles. The Morgan fingerprint density at radius 2 is 1.53 bits per heavy atom. The lowest BCUT2D eigenvalue weighted by molar-refractivity contribution is 0.219. The molecule has 0 amide bonds. The van der Waals surface area contributed by atoms with Crippen LogP contribution in [0.1, 0.15) is 48.1 Å². The average molecular weight is 319 g/mol. The first kappa shape index (κ1) is 14.3. The summed E-state index contributed by atoms with van der Waals surface area (Å²) in [5.41, 5.74) is 4.30. The van der Waals surface area contributed by atoms with Crippen LogP contribution < -0.4 is 0 Å². The van der Waals surface area contributed by atoms with Crippen LogP contribution in [0.25, 0.3) is 0 Å². The summed E-state index contributed by atoms with van der Waals surface area (Å²) < 4.78 is 0.952. The highest BCUT2D eigenvalue weighted by Gasteiger charge is 2.13. The molecule has 100 valence electrons. The van der Waals surface area contributed by atoms with Crippen LogP contribution in [-0.4, -0.2) is 5.11 Å². The van der Waals surface area contributed by atoms with E-state index in [-0.39, 0.29) is 0 Å². The molecule has 2 aromatic rings. The second-order valence-electron chi connectivity index (χ2n) is 5.25. The predicted octanol–water partition coefficient (Wildman–Crippen LogP) is 4.96. The molecule has 0 aliphatic heterocycles. The van der Waals surface area contributed by atoms with Gasteiger partial charge in [0, 0.05) is 4.47 Å². The fraction of sp³-hybridized carbons (Fsp3) is 0.294. The van der Waals surface area contributed by atoms with E-state index in [9.17, 15) is 5.11 Å². The van der Waals surface area contributed by atoms with E-state index < -0.39 is 6.10 Å². The van der Waals surface area contributed by atoms with Gasteiger partial charge < -0.3 is 5.11 Å². The minimum absolute atomic E-state index is 0.511. The van der Waals surface area contributed by atoms with Gasteiger partial charge in [-0.05, 0) is 41.2 Å². The molecule has 0 aliphatic carbocycles. The summed E-state index contributed by atoms with van der Waals surface area (Å²) in [6, 6.07) is 14.2. The van der Waals surface area contributed by atoms with Crippen molar-refractivity contribution in [3.05, 3.63) is 69.2 Å². The summed E-state index contributed by atoms with van der Waals surface area (Å²) in [6.45, 7) is 6.38. The topological polar surface area (TPSA) is 20.2 Å². The van der Waals surface area contributed by atoms with Crippen molar-refractivity contribution in [2.75, 3.05) is 0 Å². The molecular weight excluding hydrogens is 300 g/mol.